The van der Waals surface area contributed by atoms with E-state index in [1.165, 1.54) is 24.3 Å². The summed E-state index contributed by atoms with van der Waals surface area (Å²) in [5.74, 6) is -15.2. The largest absolute Gasteiger partial charge is 0.508 e. The Kier molecular flexibility index (Phi) is 29.6. The number of nitrogens with one attached hydrogen (secondary N) is 8. The van der Waals surface area contributed by atoms with Crippen LogP contribution in [0.4, 0.5) is 0 Å². The maximum absolute atomic E-state index is 14.3. The Bertz CT molecular complexity index is 2460. The minimum Gasteiger partial charge on any atom is -0.508 e. The van der Waals surface area contributed by atoms with E-state index in [-0.39, 0.29) is 62.7 Å². The van der Waals surface area contributed by atoms with Crippen molar-refractivity contribution in [1.29, 1.82) is 0 Å². The van der Waals surface area contributed by atoms with E-state index in [1.54, 1.807) is 55.4 Å². The second kappa shape index (κ2) is 34.5. The Balaban J connectivity index is 2.38. The maximum atomic E-state index is 14.3. The lowest BCUT2D eigenvalue weighted by Gasteiger charge is -2.32. The number of likely N-dealkylation sites (tertiary alicyclic amines) is 1. The summed E-state index contributed by atoms with van der Waals surface area (Å²) in [6.45, 7) is 12.4. The fraction of sp³-hybridized carbons (Fsp3) is 0.648. The third-order valence-corrected chi connectivity index (χ3v) is 13.7. The molecule has 464 valence electrons. The van der Waals surface area contributed by atoms with Crippen LogP contribution in [0.5, 0.6) is 5.75 Å². The van der Waals surface area contributed by atoms with Crippen LogP contribution in [0.1, 0.15) is 125 Å². The van der Waals surface area contributed by atoms with Crippen molar-refractivity contribution in [2.45, 2.75) is 186 Å². The van der Waals surface area contributed by atoms with Gasteiger partial charge in [-0.3, -0.25) is 57.5 Å². The van der Waals surface area contributed by atoms with Crippen LogP contribution in [0.3, 0.4) is 0 Å². The van der Waals surface area contributed by atoms with Crippen molar-refractivity contribution in [3.8, 4) is 5.75 Å². The zero-order valence-electron chi connectivity index (χ0n) is 48.2. The number of carboxylic acid groups (broad SMARTS) is 3. The van der Waals surface area contributed by atoms with Crippen molar-refractivity contribution in [1.82, 2.24) is 47.4 Å². The summed E-state index contributed by atoms with van der Waals surface area (Å²) in [6.07, 6.45) is -2.08. The number of phenols is 1. The van der Waals surface area contributed by atoms with E-state index < -0.39 is 182 Å². The van der Waals surface area contributed by atoms with Crippen molar-refractivity contribution >= 4 is 77.0 Å². The van der Waals surface area contributed by atoms with Crippen LogP contribution in [0.2, 0.25) is 0 Å². The highest BCUT2D eigenvalue weighted by molar-refractivity contribution is 5.99. The number of carboxylic acids is 3. The zero-order chi connectivity index (χ0) is 63.0. The number of nitrogens with two attached hydrogens (primary N) is 2. The van der Waals surface area contributed by atoms with E-state index >= 15 is 0 Å². The molecule has 83 heavy (non-hydrogen) atoms. The van der Waals surface area contributed by atoms with Gasteiger partial charge in [-0.25, -0.2) is 4.79 Å². The van der Waals surface area contributed by atoms with Crippen LogP contribution in [0.25, 0.3) is 0 Å². The Labute approximate surface area is 481 Å². The second-order valence-electron chi connectivity index (χ2n) is 22.0. The molecule has 29 heteroatoms. The molecule has 10 amide bonds. The van der Waals surface area contributed by atoms with E-state index in [1.807, 2.05) is 0 Å². The van der Waals surface area contributed by atoms with Crippen LogP contribution in [-0.4, -0.2) is 181 Å². The molecule has 17 N–H and O–H groups in total. The van der Waals surface area contributed by atoms with Gasteiger partial charge < -0.3 is 84.4 Å². The maximum Gasteiger partial charge on any atom is 0.326 e. The Morgan fingerprint density at radius 2 is 1.06 bits per heavy atom. The van der Waals surface area contributed by atoms with Gasteiger partial charge in [0.15, 0.2) is 0 Å². The molecule has 11 atom stereocenters. The molecule has 0 saturated carbocycles. The summed E-state index contributed by atoms with van der Waals surface area (Å²) in [6, 6.07) is -9.05. The number of aromatic hydroxyl groups is 1. The average Bonchev–Trinajstić information content (AvgIpc) is 3.94. The van der Waals surface area contributed by atoms with E-state index in [4.69, 9.17) is 16.6 Å². The van der Waals surface area contributed by atoms with Gasteiger partial charge in [0.1, 0.15) is 60.1 Å². The summed E-state index contributed by atoms with van der Waals surface area (Å²) in [7, 11) is 0. The molecular formula is C54H85N11O18. The monoisotopic (exact) mass is 1180 g/mol. The third kappa shape index (κ3) is 24.2. The predicted molar refractivity (Wildman–Crippen MR) is 295 cm³/mol. The lowest BCUT2D eigenvalue weighted by Crippen LogP contribution is -2.62. The number of phenolic OH excluding ortho intramolecular Hbond substituents is 1. The van der Waals surface area contributed by atoms with E-state index in [0.29, 0.717) is 12.0 Å². The molecule has 1 fully saturated rings. The number of aliphatic hydroxyl groups is 1. The summed E-state index contributed by atoms with van der Waals surface area (Å²) < 4.78 is 0. The molecule has 1 aliphatic heterocycles. The molecule has 0 aliphatic carbocycles. The normalized spacial score (nSPS) is 16.7. The van der Waals surface area contributed by atoms with E-state index in [9.17, 15) is 82.8 Å². The van der Waals surface area contributed by atoms with Gasteiger partial charge in [-0.05, 0) is 79.9 Å². The van der Waals surface area contributed by atoms with Crippen LogP contribution < -0.4 is 54.0 Å². The Hall–Kier alpha value is -7.95. The molecule has 1 heterocycles. The summed E-state index contributed by atoms with van der Waals surface area (Å²) >= 11 is 0. The van der Waals surface area contributed by atoms with Gasteiger partial charge >= 0.3 is 17.9 Å². The zero-order valence-corrected chi connectivity index (χ0v) is 48.2. The fourth-order valence-electron chi connectivity index (χ4n) is 8.88. The number of amides is 10. The van der Waals surface area contributed by atoms with Gasteiger partial charge in [-0.15, -0.1) is 0 Å². The number of primary amides is 1. The molecule has 29 nitrogen and oxygen atoms in total. The molecule has 1 saturated heterocycles. The number of aliphatic hydroxyl groups excluding tert-OH is 1. The van der Waals surface area contributed by atoms with Crippen molar-refractivity contribution in [2.24, 2.45) is 35.1 Å². The quantitative estimate of drug-likeness (QED) is 0.0333. The highest BCUT2D eigenvalue weighted by Crippen LogP contribution is 2.22. The van der Waals surface area contributed by atoms with E-state index in [2.05, 4.69) is 42.5 Å². The summed E-state index contributed by atoms with van der Waals surface area (Å²) in [4.78, 5) is 172. The molecule has 1 aromatic carbocycles. The molecule has 2 rings (SSSR count). The SMILES string of the molecule is CC[C@H](C)[C@H](NC(=O)[C@@H](N)CCC(=O)O)C(=O)N[C@@H](CCC(=O)O)C(=O)N1CCC[C@H]1C(=O)N[C@H](C(=O)N[C@@H](CC(C)C)C(=O)N[C@@H](CO)C(=O)N[C@@H](Cc1ccc(O)cc1)C(=O)N[C@@H](CC(C)C)C(=O)N[C@@H](CC(N)=O)C(=O)O)C(C)C. The van der Waals surface area contributed by atoms with E-state index in [0.717, 1.165) is 4.90 Å². The van der Waals surface area contributed by atoms with Gasteiger partial charge in [0, 0.05) is 25.8 Å². The lowest BCUT2D eigenvalue weighted by molar-refractivity contribution is -0.144. The second-order valence-corrected chi connectivity index (χ2v) is 22.0. The molecule has 0 spiro atoms. The fourth-order valence-corrected chi connectivity index (χ4v) is 8.88. The first-order valence-electron chi connectivity index (χ1n) is 27.6. The van der Waals surface area contributed by atoms with Crippen LogP contribution in [-0.2, 0) is 68.7 Å². The van der Waals surface area contributed by atoms with Crippen molar-refractivity contribution in [3.05, 3.63) is 29.8 Å². The Morgan fingerprint density at radius 1 is 0.590 bits per heavy atom. The summed E-state index contributed by atoms with van der Waals surface area (Å²) in [5.41, 5.74) is 11.4. The minimum atomic E-state index is -1.77. The van der Waals surface area contributed by atoms with Gasteiger partial charge in [0.25, 0.3) is 0 Å². The van der Waals surface area contributed by atoms with Crippen LogP contribution >= 0.6 is 0 Å². The smallest absolute Gasteiger partial charge is 0.326 e. The molecule has 0 aromatic heterocycles. The predicted octanol–water partition coefficient (Wildman–Crippen LogP) is -2.39. The Morgan fingerprint density at radius 3 is 1.55 bits per heavy atom. The number of rotatable bonds is 36. The van der Waals surface area contributed by atoms with Gasteiger partial charge in [0.05, 0.1) is 19.1 Å². The first-order chi connectivity index (χ1) is 38.8. The van der Waals surface area contributed by atoms with Crippen molar-refractivity contribution in [2.75, 3.05) is 13.2 Å². The highest BCUT2D eigenvalue weighted by atomic mass is 16.4. The first kappa shape index (κ1) is 71.2. The van der Waals surface area contributed by atoms with Crippen LogP contribution in [0, 0.1) is 23.7 Å². The molecule has 1 aliphatic rings. The number of benzene rings is 1. The van der Waals surface area contributed by atoms with Gasteiger partial charge in [0.2, 0.25) is 59.1 Å². The number of carbonyl (C=O) groups excluding carboxylic acids is 10. The topological polar surface area (TPSA) is 475 Å². The number of hydrogen-bond acceptors (Lipinski definition) is 16. The molecule has 0 bridgehead atoms. The summed E-state index contributed by atoms with van der Waals surface area (Å²) in [5, 5.41) is 68.5. The van der Waals surface area contributed by atoms with Crippen molar-refractivity contribution < 1.29 is 87.9 Å². The van der Waals surface area contributed by atoms with Crippen molar-refractivity contribution in [3.63, 3.8) is 0 Å². The average molecular weight is 1180 g/mol. The third-order valence-electron chi connectivity index (χ3n) is 13.7. The number of aliphatic carboxylic acids is 3. The molecule has 0 unspecified atom stereocenters. The minimum absolute atomic E-state index is 0.0121. The molecular weight excluding hydrogens is 1090 g/mol. The van der Waals surface area contributed by atoms with Gasteiger partial charge in [-0.2, -0.15) is 0 Å². The van der Waals surface area contributed by atoms with Gasteiger partial charge in [-0.1, -0.05) is 73.9 Å². The number of nitrogens with zero attached hydrogens (tertiary/aromatic N) is 1. The van der Waals surface area contributed by atoms with Crippen LogP contribution in [0.15, 0.2) is 24.3 Å². The lowest BCUT2D eigenvalue weighted by atomic mass is 9.96. The molecule has 1 aromatic rings. The number of carbonyl (C=O) groups is 13. The molecule has 0 radical (unpaired) electrons. The standard InChI is InChI=1S/C54H85N11O18/c1-9-29(8)44(64-45(73)32(55)16-18-41(69)70)52(80)57-33(17-19-42(71)72)53(81)65-20-10-11-39(65)50(78)63-43(28(6)7)51(79)60-35(22-27(4)5)47(75)62-38(25-66)49(77)59-36(23-30-12-14-31(67)15-13-30)48(76)58-34(21-26(2)3)46(74)61-37(54(82)83)24-40(56)68/h12-15,26-29,32-39,43-44,66-67H,9-11,16-25,55H2,1-8H3,(H2,56,68)(H,57,80)(H,58,76)(H,59,77)(H,60,79)(H,61,74)(H,62,75)(H,63,78)(H,64,73)(H,69,70)(H,71,72)(H,82,83)/t29-,32-,33-,34-,35-,36-,37-,38-,39-,43-,44-/m0/s1. The number of hydrogen-bond donors (Lipinski definition) is 15. The highest BCUT2D eigenvalue weighted by Gasteiger charge is 2.42. The first-order valence-corrected chi connectivity index (χ1v) is 27.6.